The highest BCUT2D eigenvalue weighted by Crippen LogP contribution is 1.78. The molecule has 0 aromatic carbocycles. The van der Waals surface area contributed by atoms with Crippen LogP contribution in [0.1, 0.15) is 0 Å². The average molecular weight is 125 g/mol. The van der Waals surface area contributed by atoms with Gasteiger partial charge in [0.2, 0.25) is 0 Å². The summed E-state index contributed by atoms with van der Waals surface area (Å²) in [7, 11) is -3.30. The van der Waals surface area contributed by atoms with Gasteiger partial charge < -0.3 is 5.73 Å². The molecule has 0 fully saturated rings. The zero-order valence-corrected chi connectivity index (χ0v) is 4.73. The molecular formula is C2H7NO3S. The van der Waals surface area contributed by atoms with Crippen LogP contribution in [0.3, 0.4) is 0 Å². The molecule has 0 unspecified atom stereocenters. The van der Waals surface area contributed by atoms with Gasteiger partial charge in [0, 0.05) is 0 Å². The first-order valence-electron chi connectivity index (χ1n) is 1.61. The van der Waals surface area contributed by atoms with E-state index >= 15 is 0 Å². The van der Waals surface area contributed by atoms with E-state index in [0.717, 1.165) is 6.26 Å². The Labute approximate surface area is 42.4 Å². The van der Waals surface area contributed by atoms with Crippen molar-refractivity contribution in [2.75, 3.05) is 13.0 Å². The first-order valence-corrected chi connectivity index (χ1v) is 3.42. The lowest BCUT2D eigenvalue weighted by Gasteiger charge is -1.90. The van der Waals surface area contributed by atoms with Gasteiger partial charge in [-0.15, -0.1) is 0 Å². The fraction of sp³-hybridized carbons (Fsp3) is 1.00. The SMILES string of the molecule is CS(=O)(=O)OCN. The maximum Gasteiger partial charge on any atom is 0.265 e. The van der Waals surface area contributed by atoms with E-state index in [-0.39, 0.29) is 6.73 Å². The molecule has 0 atom stereocenters. The highest BCUT2D eigenvalue weighted by molar-refractivity contribution is 7.85. The van der Waals surface area contributed by atoms with Crippen LogP contribution in [-0.2, 0) is 14.3 Å². The van der Waals surface area contributed by atoms with Crippen LogP contribution in [0.5, 0.6) is 0 Å². The largest absolute Gasteiger partial charge is 0.307 e. The quantitative estimate of drug-likeness (QED) is 0.375. The fourth-order valence-corrected chi connectivity index (χ4v) is 0.371. The highest BCUT2D eigenvalue weighted by atomic mass is 32.2. The highest BCUT2D eigenvalue weighted by Gasteiger charge is 1.95. The van der Waals surface area contributed by atoms with Gasteiger partial charge in [-0.1, -0.05) is 0 Å². The number of hydrogen-bond donors (Lipinski definition) is 1. The van der Waals surface area contributed by atoms with E-state index < -0.39 is 10.1 Å². The normalized spacial score (nSPS) is 11.7. The van der Waals surface area contributed by atoms with Crippen LogP contribution in [-0.4, -0.2) is 21.4 Å². The zero-order chi connectivity index (χ0) is 5.91. The van der Waals surface area contributed by atoms with Crippen molar-refractivity contribution < 1.29 is 12.6 Å². The monoisotopic (exact) mass is 125 g/mol. The maximum absolute atomic E-state index is 9.93. The van der Waals surface area contributed by atoms with Crippen molar-refractivity contribution in [3.05, 3.63) is 0 Å². The second-order valence-electron chi connectivity index (χ2n) is 0.989. The predicted molar refractivity (Wildman–Crippen MR) is 25.0 cm³/mol. The summed E-state index contributed by atoms with van der Waals surface area (Å²) in [6, 6.07) is 0. The molecule has 2 N–H and O–H groups in total. The summed E-state index contributed by atoms with van der Waals surface area (Å²) in [6.07, 6.45) is 0.944. The molecule has 0 heterocycles. The lowest BCUT2D eigenvalue weighted by Crippen LogP contribution is -2.10. The van der Waals surface area contributed by atoms with E-state index in [0.29, 0.717) is 0 Å². The zero-order valence-electron chi connectivity index (χ0n) is 3.92. The maximum atomic E-state index is 9.93. The Balaban J connectivity index is 3.60. The second kappa shape index (κ2) is 2.25. The Kier molecular flexibility index (Phi) is 2.21. The standard InChI is InChI=1S/C2H7NO3S/c1-7(4,5)6-2-3/h2-3H2,1H3. The molecule has 0 aliphatic heterocycles. The summed E-state index contributed by atoms with van der Waals surface area (Å²) in [5.74, 6) is 0. The van der Waals surface area contributed by atoms with Gasteiger partial charge >= 0.3 is 0 Å². The summed E-state index contributed by atoms with van der Waals surface area (Å²) in [5, 5.41) is 0. The van der Waals surface area contributed by atoms with E-state index in [1.807, 2.05) is 0 Å². The average Bonchev–Trinajstić information content (AvgIpc) is 1.30. The summed E-state index contributed by atoms with van der Waals surface area (Å²) in [6.45, 7) is -0.279. The molecule has 0 aromatic heterocycles. The summed E-state index contributed by atoms with van der Waals surface area (Å²) in [4.78, 5) is 0. The minimum atomic E-state index is -3.30. The minimum absolute atomic E-state index is 0.279. The summed E-state index contributed by atoms with van der Waals surface area (Å²) in [5.41, 5.74) is 4.71. The fourth-order valence-electron chi connectivity index (χ4n) is 0.124. The van der Waals surface area contributed by atoms with Crippen molar-refractivity contribution in [3.63, 3.8) is 0 Å². The van der Waals surface area contributed by atoms with Crippen molar-refractivity contribution in [3.8, 4) is 0 Å². The van der Waals surface area contributed by atoms with Crippen molar-refractivity contribution in [1.82, 2.24) is 0 Å². The molecule has 0 aromatic rings. The third-order valence-electron chi connectivity index (χ3n) is 0.282. The first-order chi connectivity index (χ1) is 3.06. The van der Waals surface area contributed by atoms with Crippen LogP contribution in [0.25, 0.3) is 0 Å². The smallest absolute Gasteiger partial charge is 0.265 e. The minimum Gasteiger partial charge on any atom is -0.307 e. The van der Waals surface area contributed by atoms with Gasteiger partial charge in [0.25, 0.3) is 10.1 Å². The Bertz CT molecular complexity index is 126. The Hall–Kier alpha value is -0.130. The summed E-state index contributed by atoms with van der Waals surface area (Å²) < 4.78 is 23.8. The lowest BCUT2D eigenvalue weighted by molar-refractivity contribution is 0.333. The number of nitrogens with two attached hydrogens (primary N) is 1. The van der Waals surface area contributed by atoms with Gasteiger partial charge in [-0.2, -0.15) is 8.42 Å². The molecule has 0 bridgehead atoms. The lowest BCUT2D eigenvalue weighted by atomic mass is 11.4. The predicted octanol–water partition coefficient (Wildman–Crippen LogP) is -1.12. The molecule has 0 aliphatic carbocycles. The Morgan fingerprint density at radius 1 is 1.71 bits per heavy atom. The van der Waals surface area contributed by atoms with Crippen LogP contribution < -0.4 is 5.73 Å². The number of hydrogen-bond acceptors (Lipinski definition) is 4. The molecule has 0 rings (SSSR count). The first kappa shape index (κ1) is 6.87. The Morgan fingerprint density at radius 3 is 2.14 bits per heavy atom. The van der Waals surface area contributed by atoms with Gasteiger partial charge in [0.1, 0.15) is 6.73 Å². The molecule has 0 amide bonds. The van der Waals surface area contributed by atoms with Crippen LogP contribution >= 0.6 is 0 Å². The van der Waals surface area contributed by atoms with E-state index in [1.54, 1.807) is 0 Å². The van der Waals surface area contributed by atoms with Crippen LogP contribution in [0.4, 0.5) is 0 Å². The molecule has 0 radical (unpaired) electrons. The van der Waals surface area contributed by atoms with E-state index in [1.165, 1.54) is 0 Å². The van der Waals surface area contributed by atoms with Crippen molar-refractivity contribution in [2.45, 2.75) is 0 Å². The molecule has 0 spiro atoms. The van der Waals surface area contributed by atoms with Gasteiger partial charge in [-0.25, -0.2) is 0 Å². The Morgan fingerprint density at radius 2 is 2.14 bits per heavy atom. The van der Waals surface area contributed by atoms with Crippen LogP contribution in [0, 0.1) is 0 Å². The molecule has 0 aliphatic rings. The van der Waals surface area contributed by atoms with Gasteiger partial charge in [-0.3, -0.25) is 4.18 Å². The third-order valence-corrected chi connectivity index (χ3v) is 0.846. The van der Waals surface area contributed by atoms with Crippen molar-refractivity contribution in [2.24, 2.45) is 5.73 Å². The van der Waals surface area contributed by atoms with Crippen molar-refractivity contribution in [1.29, 1.82) is 0 Å². The van der Waals surface area contributed by atoms with Crippen LogP contribution in [0.2, 0.25) is 0 Å². The van der Waals surface area contributed by atoms with Crippen LogP contribution in [0.15, 0.2) is 0 Å². The molecular weight excluding hydrogens is 118 g/mol. The molecule has 0 saturated carbocycles. The third kappa shape index (κ3) is 5.87. The molecule has 7 heavy (non-hydrogen) atoms. The molecule has 44 valence electrons. The van der Waals surface area contributed by atoms with Gasteiger partial charge in [0.15, 0.2) is 0 Å². The molecule has 4 nitrogen and oxygen atoms in total. The molecule has 5 heteroatoms. The van der Waals surface area contributed by atoms with E-state index in [4.69, 9.17) is 5.73 Å². The second-order valence-corrected chi connectivity index (χ2v) is 2.63. The van der Waals surface area contributed by atoms with Crippen molar-refractivity contribution >= 4 is 10.1 Å². The van der Waals surface area contributed by atoms with E-state index in [2.05, 4.69) is 4.18 Å². The van der Waals surface area contributed by atoms with Gasteiger partial charge in [-0.05, 0) is 0 Å². The summed E-state index contributed by atoms with van der Waals surface area (Å²) >= 11 is 0. The number of rotatable bonds is 2. The topological polar surface area (TPSA) is 69.4 Å². The molecule has 0 saturated heterocycles. The van der Waals surface area contributed by atoms with E-state index in [9.17, 15) is 8.42 Å². The van der Waals surface area contributed by atoms with Gasteiger partial charge in [0.05, 0.1) is 6.26 Å².